The summed E-state index contributed by atoms with van der Waals surface area (Å²) in [4.78, 5) is 23.7. The van der Waals surface area contributed by atoms with Crippen LogP contribution in [-0.4, -0.2) is 32.0 Å². The molecule has 0 saturated heterocycles. The summed E-state index contributed by atoms with van der Waals surface area (Å²) >= 11 is 0. The largest absolute Gasteiger partial charge is 0.325 e. The molecule has 8 nitrogen and oxygen atoms in total. The summed E-state index contributed by atoms with van der Waals surface area (Å²) in [5.41, 5.74) is 5.27. The summed E-state index contributed by atoms with van der Waals surface area (Å²) in [6.45, 7) is 4.72. The summed E-state index contributed by atoms with van der Waals surface area (Å²) in [6, 6.07) is 14.2. The summed E-state index contributed by atoms with van der Waals surface area (Å²) in [5.74, 6) is 1.27. The molecular formula is C23H21N7O. The molecule has 4 aromatic rings. The molecule has 6 rings (SSSR count). The predicted octanol–water partition coefficient (Wildman–Crippen LogP) is 3.79. The number of aromatic nitrogens is 4. The lowest BCUT2D eigenvalue weighted by Crippen LogP contribution is -2.26. The zero-order valence-electron chi connectivity index (χ0n) is 17.3. The van der Waals surface area contributed by atoms with Gasteiger partial charge in [-0.2, -0.15) is 4.98 Å². The Bertz CT molecular complexity index is 1360. The van der Waals surface area contributed by atoms with Crippen LogP contribution in [0.1, 0.15) is 25.0 Å². The number of hydrogen-bond donors (Lipinski definition) is 2. The highest BCUT2D eigenvalue weighted by atomic mass is 16.2. The second-order valence-electron chi connectivity index (χ2n) is 8.45. The number of fused-ring (bicyclic) bond motifs is 3. The molecule has 154 valence electrons. The number of benzene rings is 2. The van der Waals surface area contributed by atoms with Gasteiger partial charge in [-0.15, -0.1) is 5.10 Å². The molecule has 0 spiro atoms. The number of nitrogens with zero attached hydrogens (tertiary/aromatic N) is 5. The molecule has 2 aliphatic heterocycles. The molecule has 2 aromatic heterocycles. The Morgan fingerprint density at radius 1 is 1.16 bits per heavy atom. The van der Waals surface area contributed by atoms with Crippen molar-refractivity contribution in [2.24, 2.45) is 0 Å². The van der Waals surface area contributed by atoms with E-state index in [1.807, 2.05) is 38.1 Å². The summed E-state index contributed by atoms with van der Waals surface area (Å²) in [6.07, 6.45) is 4.52. The summed E-state index contributed by atoms with van der Waals surface area (Å²) < 4.78 is 1.74. The third-order valence-corrected chi connectivity index (χ3v) is 6.14. The Kier molecular flexibility index (Phi) is 3.62. The van der Waals surface area contributed by atoms with Crippen molar-refractivity contribution in [2.75, 3.05) is 22.1 Å². The second kappa shape index (κ2) is 6.28. The van der Waals surface area contributed by atoms with Gasteiger partial charge < -0.3 is 15.5 Å². The first-order valence-electron chi connectivity index (χ1n) is 10.3. The topological polar surface area (TPSA) is 87.5 Å². The molecule has 1 amide bonds. The Morgan fingerprint density at radius 3 is 2.94 bits per heavy atom. The molecule has 4 heterocycles. The van der Waals surface area contributed by atoms with Crippen LogP contribution < -0.4 is 15.5 Å². The first-order chi connectivity index (χ1) is 15.0. The number of nitrogens with one attached hydrogen (secondary N) is 2. The van der Waals surface area contributed by atoms with Gasteiger partial charge in [-0.05, 0) is 49.6 Å². The van der Waals surface area contributed by atoms with E-state index in [-0.39, 0.29) is 5.91 Å². The van der Waals surface area contributed by atoms with Gasteiger partial charge >= 0.3 is 0 Å². The van der Waals surface area contributed by atoms with Crippen molar-refractivity contribution in [2.45, 2.75) is 25.7 Å². The van der Waals surface area contributed by atoms with Gasteiger partial charge in [-0.1, -0.05) is 24.3 Å². The van der Waals surface area contributed by atoms with E-state index in [0.29, 0.717) is 11.6 Å². The maximum absolute atomic E-state index is 12.2. The molecule has 2 aromatic carbocycles. The van der Waals surface area contributed by atoms with E-state index in [1.165, 1.54) is 5.56 Å². The Labute approximate surface area is 178 Å². The Morgan fingerprint density at radius 2 is 2.03 bits per heavy atom. The molecule has 0 radical (unpaired) electrons. The van der Waals surface area contributed by atoms with Crippen molar-refractivity contribution in [1.82, 2.24) is 19.6 Å². The quantitative estimate of drug-likeness (QED) is 0.533. The third-order valence-electron chi connectivity index (χ3n) is 6.14. The molecule has 0 aliphatic carbocycles. The van der Waals surface area contributed by atoms with Crippen molar-refractivity contribution in [1.29, 1.82) is 0 Å². The van der Waals surface area contributed by atoms with Gasteiger partial charge in [0.1, 0.15) is 0 Å². The highest BCUT2D eigenvalue weighted by Crippen LogP contribution is 2.39. The van der Waals surface area contributed by atoms with Crippen molar-refractivity contribution in [3.8, 4) is 0 Å². The molecule has 31 heavy (non-hydrogen) atoms. The number of rotatable bonds is 3. The molecule has 0 bridgehead atoms. The average molecular weight is 411 g/mol. The van der Waals surface area contributed by atoms with E-state index < -0.39 is 5.41 Å². The van der Waals surface area contributed by atoms with Gasteiger partial charge in [0.2, 0.25) is 17.5 Å². The zero-order valence-corrected chi connectivity index (χ0v) is 17.3. The lowest BCUT2D eigenvalue weighted by atomic mass is 9.86. The minimum atomic E-state index is -0.526. The maximum Gasteiger partial charge on any atom is 0.247 e. The van der Waals surface area contributed by atoms with Gasteiger partial charge in [0.05, 0.1) is 5.41 Å². The highest BCUT2D eigenvalue weighted by molar-refractivity contribution is 6.06. The van der Waals surface area contributed by atoms with Gasteiger partial charge in [-0.25, -0.2) is 9.50 Å². The van der Waals surface area contributed by atoms with E-state index in [9.17, 15) is 4.79 Å². The van der Waals surface area contributed by atoms with Crippen molar-refractivity contribution in [3.63, 3.8) is 0 Å². The van der Waals surface area contributed by atoms with Gasteiger partial charge in [0, 0.05) is 36.0 Å². The molecule has 2 N–H and O–H groups in total. The van der Waals surface area contributed by atoms with Crippen molar-refractivity contribution >= 4 is 40.4 Å². The highest BCUT2D eigenvalue weighted by Gasteiger charge is 2.38. The summed E-state index contributed by atoms with van der Waals surface area (Å²) in [7, 11) is 0. The normalized spacial score (nSPS) is 16.3. The van der Waals surface area contributed by atoms with Crippen LogP contribution in [0.25, 0.3) is 5.65 Å². The molecule has 0 unspecified atom stereocenters. The van der Waals surface area contributed by atoms with Crippen LogP contribution in [0.5, 0.6) is 0 Å². The second-order valence-corrected chi connectivity index (χ2v) is 8.45. The fourth-order valence-electron chi connectivity index (χ4n) is 4.41. The van der Waals surface area contributed by atoms with Crippen LogP contribution in [0.15, 0.2) is 54.9 Å². The van der Waals surface area contributed by atoms with E-state index in [0.717, 1.165) is 41.4 Å². The molecule has 0 atom stereocenters. The fourth-order valence-corrected chi connectivity index (χ4v) is 4.41. The van der Waals surface area contributed by atoms with E-state index in [2.05, 4.69) is 43.8 Å². The Balaban J connectivity index is 1.35. The zero-order chi connectivity index (χ0) is 21.2. The third kappa shape index (κ3) is 2.68. The number of hydrogen-bond acceptors (Lipinski definition) is 6. The first-order valence-corrected chi connectivity index (χ1v) is 10.3. The van der Waals surface area contributed by atoms with Crippen LogP contribution >= 0.6 is 0 Å². The number of amides is 1. The number of carbonyl (C=O) groups is 1. The van der Waals surface area contributed by atoms with Crippen LogP contribution in [0.3, 0.4) is 0 Å². The molecule has 0 fully saturated rings. The lowest BCUT2D eigenvalue weighted by Gasteiger charge is -2.18. The van der Waals surface area contributed by atoms with Gasteiger partial charge in [0.15, 0.2) is 5.82 Å². The first kappa shape index (κ1) is 17.9. The van der Waals surface area contributed by atoms with E-state index in [1.54, 1.807) is 16.9 Å². The van der Waals surface area contributed by atoms with Gasteiger partial charge in [0.25, 0.3) is 0 Å². The minimum Gasteiger partial charge on any atom is -0.325 e. The molecule has 2 aliphatic rings. The van der Waals surface area contributed by atoms with Crippen LogP contribution in [0.4, 0.5) is 28.8 Å². The Hall–Kier alpha value is -3.94. The standard InChI is InChI=1S/C23H21N7O/c1-23(2)16-8-7-15(13-17(16)26-21(23)31)25-22-27-20-19(24-10-12-30(20)28-22)29-11-9-14-5-3-4-6-18(14)29/h3-8,10,12-13H,9,11H2,1-2H3,(H,25,28)(H,26,31). The average Bonchev–Trinajstić information content (AvgIpc) is 3.42. The van der Waals surface area contributed by atoms with Crippen molar-refractivity contribution < 1.29 is 4.79 Å². The van der Waals surface area contributed by atoms with Crippen LogP contribution in [-0.2, 0) is 16.6 Å². The van der Waals surface area contributed by atoms with Crippen molar-refractivity contribution in [3.05, 3.63) is 66.0 Å². The summed E-state index contributed by atoms with van der Waals surface area (Å²) in [5, 5.41) is 10.8. The van der Waals surface area contributed by atoms with Crippen LogP contribution in [0.2, 0.25) is 0 Å². The molecule has 0 saturated carbocycles. The van der Waals surface area contributed by atoms with Gasteiger partial charge in [-0.3, -0.25) is 4.79 Å². The maximum atomic E-state index is 12.2. The SMILES string of the molecule is CC1(C)C(=O)Nc2cc(Nc3nc4c(N5CCc6ccccc65)nccn4n3)ccc21. The smallest absolute Gasteiger partial charge is 0.247 e. The number of anilines is 5. The predicted molar refractivity (Wildman–Crippen MR) is 119 cm³/mol. The monoisotopic (exact) mass is 411 g/mol. The van der Waals surface area contributed by atoms with Crippen LogP contribution in [0, 0.1) is 0 Å². The minimum absolute atomic E-state index is 0.00659. The molecular weight excluding hydrogens is 390 g/mol. The molecule has 8 heteroatoms. The lowest BCUT2D eigenvalue weighted by molar-refractivity contribution is -0.119. The van der Waals surface area contributed by atoms with E-state index in [4.69, 9.17) is 4.98 Å². The number of para-hydroxylation sites is 1. The van der Waals surface area contributed by atoms with E-state index >= 15 is 0 Å². The number of carbonyl (C=O) groups excluding carboxylic acids is 1. The fraction of sp³-hybridized carbons (Fsp3) is 0.217.